The number of para-hydroxylation sites is 1. The number of nitrogens with one attached hydrogen (secondary N) is 2. The molecule has 0 spiro atoms. The fourth-order valence-electron chi connectivity index (χ4n) is 11.0. The van der Waals surface area contributed by atoms with Crippen molar-refractivity contribution in [3.63, 3.8) is 0 Å². The Balaban J connectivity index is 0.648. The maximum atomic E-state index is 14.3. The molecular formula is C44H53F2N13O4. The topological polar surface area (TPSA) is 163 Å². The van der Waals surface area contributed by atoms with E-state index in [1.165, 1.54) is 16.3 Å². The van der Waals surface area contributed by atoms with Crippen LogP contribution in [-0.2, 0) is 27.9 Å². The summed E-state index contributed by atoms with van der Waals surface area (Å²) < 4.78 is 39.4. The van der Waals surface area contributed by atoms with Gasteiger partial charge in [0.25, 0.3) is 12.3 Å². The van der Waals surface area contributed by atoms with Crippen LogP contribution in [0.3, 0.4) is 0 Å². The molecule has 1 unspecified atom stereocenters. The number of benzene rings is 1. The first kappa shape index (κ1) is 40.4. The smallest absolute Gasteiger partial charge is 0.284 e. The number of aromatic nitrogens is 7. The second-order valence-corrected chi connectivity index (χ2v) is 18.7. The van der Waals surface area contributed by atoms with E-state index in [0.717, 1.165) is 100 Å². The first-order valence-electron chi connectivity index (χ1n) is 22.4. The van der Waals surface area contributed by atoms with Gasteiger partial charge < -0.3 is 19.9 Å². The second kappa shape index (κ2) is 16.0. The normalized spacial score (nSPS) is 26.1. The van der Waals surface area contributed by atoms with Crippen molar-refractivity contribution in [3.8, 4) is 0 Å². The fraction of sp³-hybridized carbons (Fsp3) is 0.568. The molecule has 63 heavy (non-hydrogen) atoms. The zero-order valence-corrected chi connectivity index (χ0v) is 35.6. The molecule has 1 saturated carbocycles. The number of morpholine rings is 1. The summed E-state index contributed by atoms with van der Waals surface area (Å²) >= 11 is 0. The van der Waals surface area contributed by atoms with Crippen LogP contribution < -0.4 is 15.5 Å². The molecule has 19 heteroatoms. The largest absolute Gasteiger partial charge is 0.374 e. The quantitative estimate of drug-likeness (QED) is 0.175. The molecule has 6 fully saturated rings. The van der Waals surface area contributed by atoms with Crippen molar-refractivity contribution in [2.75, 3.05) is 63.1 Å². The number of likely N-dealkylation sites (tertiary alicyclic amines) is 2. The van der Waals surface area contributed by atoms with Crippen molar-refractivity contribution in [2.45, 2.75) is 94.1 Å². The number of nitrogens with zero attached hydrogens (tertiary/aromatic N) is 11. The van der Waals surface area contributed by atoms with Crippen molar-refractivity contribution in [2.24, 2.45) is 13.0 Å². The molecular weight excluding hydrogens is 813 g/mol. The molecule has 1 aromatic carbocycles. The van der Waals surface area contributed by atoms with Gasteiger partial charge in [0.15, 0.2) is 11.3 Å². The van der Waals surface area contributed by atoms with Gasteiger partial charge in [-0.25, -0.2) is 18.3 Å². The maximum Gasteiger partial charge on any atom is 0.284 e. The van der Waals surface area contributed by atoms with E-state index in [1.54, 1.807) is 17.1 Å². The van der Waals surface area contributed by atoms with Crippen LogP contribution in [0.25, 0.3) is 16.6 Å². The van der Waals surface area contributed by atoms with Crippen LogP contribution in [-0.4, -0.2) is 144 Å². The summed E-state index contributed by atoms with van der Waals surface area (Å²) in [7, 11) is 4.15. The zero-order valence-electron chi connectivity index (χ0n) is 35.6. The molecule has 11 rings (SSSR count). The Labute approximate surface area is 362 Å². The van der Waals surface area contributed by atoms with Crippen molar-refractivity contribution < 1.29 is 27.9 Å². The Morgan fingerprint density at radius 1 is 1.02 bits per heavy atom. The monoisotopic (exact) mass is 865 g/mol. The van der Waals surface area contributed by atoms with E-state index in [1.807, 2.05) is 29.9 Å². The number of anilines is 2. The number of rotatable bonds is 12. The Kier molecular flexibility index (Phi) is 10.3. The van der Waals surface area contributed by atoms with Crippen LogP contribution >= 0.6 is 0 Å². The number of piperidine rings is 1. The van der Waals surface area contributed by atoms with Crippen LogP contribution in [0.1, 0.15) is 90.6 Å². The lowest BCUT2D eigenvalue weighted by Crippen LogP contribution is -2.69. The van der Waals surface area contributed by atoms with Crippen LogP contribution in [0, 0.1) is 5.92 Å². The van der Waals surface area contributed by atoms with E-state index >= 15 is 0 Å². The summed E-state index contributed by atoms with van der Waals surface area (Å²) in [6.45, 7) is 7.34. The predicted octanol–water partition coefficient (Wildman–Crippen LogP) is 3.73. The van der Waals surface area contributed by atoms with Gasteiger partial charge >= 0.3 is 0 Å². The van der Waals surface area contributed by atoms with Gasteiger partial charge in [-0.3, -0.25) is 38.9 Å². The van der Waals surface area contributed by atoms with Gasteiger partial charge in [-0.15, -0.1) is 0 Å². The molecule has 2 N–H and O–H groups in total. The lowest BCUT2D eigenvalue weighted by molar-refractivity contribution is -0.134. The fourth-order valence-corrected chi connectivity index (χ4v) is 11.0. The molecule has 2 bridgehead atoms. The summed E-state index contributed by atoms with van der Waals surface area (Å²) in [6.07, 6.45) is 7.48. The van der Waals surface area contributed by atoms with E-state index < -0.39 is 23.9 Å². The molecule has 3 amide bonds. The lowest BCUT2D eigenvalue weighted by Gasteiger charge is -2.54. The number of carbonyl (C=O) groups excluding carboxylic acids is 3. The molecule has 3 atom stereocenters. The third kappa shape index (κ3) is 7.45. The minimum atomic E-state index is -2.85. The number of imide groups is 1. The van der Waals surface area contributed by atoms with Gasteiger partial charge in [-0.2, -0.15) is 15.3 Å². The van der Waals surface area contributed by atoms with Crippen molar-refractivity contribution >= 4 is 45.8 Å². The first-order valence-corrected chi connectivity index (χ1v) is 22.4. The number of carbonyl (C=O) groups is 3. The third-order valence-electron chi connectivity index (χ3n) is 14.7. The van der Waals surface area contributed by atoms with Gasteiger partial charge in [0.05, 0.1) is 53.8 Å². The summed E-state index contributed by atoms with van der Waals surface area (Å²) in [5, 5.41) is 19.5. The van der Waals surface area contributed by atoms with E-state index in [-0.39, 0.29) is 41.3 Å². The number of ether oxygens (including phenoxy) is 1. The van der Waals surface area contributed by atoms with E-state index in [2.05, 4.69) is 53.5 Å². The highest BCUT2D eigenvalue weighted by Crippen LogP contribution is 2.38. The van der Waals surface area contributed by atoms with Gasteiger partial charge in [0.1, 0.15) is 11.4 Å². The Bertz CT molecular complexity index is 2570. The molecule has 17 nitrogen and oxygen atoms in total. The average Bonchev–Trinajstić information content (AvgIpc) is 4.09. The lowest BCUT2D eigenvalue weighted by atomic mass is 9.85. The number of hydrogen-bond acceptors (Lipinski definition) is 12. The van der Waals surface area contributed by atoms with Crippen molar-refractivity contribution in [1.82, 2.24) is 54.2 Å². The third-order valence-corrected chi connectivity index (χ3v) is 14.7. The van der Waals surface area contributed by atoms with Gasteiger partial charge in [0.2, 0.25) is 11.8 Å². The van der Waals surface area contributed by atoms with Crippen LogP contribution in [0.4, 0.5) is 20.3 Å². The molecule has 332 valence electrons. The molecule has 9 heterocycles. The van der Waals surface area contributed by atoms with E-state index in [9.17, 15) is 23.2 Å². The number of halogens is 2. The highest BCUT2D eigenvalue weighted by Gasteiger charge is 2.42. The molecule has 4 aromatic heterocycles. The zero-order chi connectivity index (χ0) is 43.1. The van der Waals surface area contributed by atoms with E-state index in [4.69, 9.17) is 14.8 Å². The highest BCUT2D eigenvalue weighted by atomic mass is 19.3. The minimum absolute atomic E-state index is 0.0110. The minimum Gasteiger partial charge on any atom is -0.374 e. The van der Waals surface area contributed by atoms with E-state index in [0.29, 0.717) is 43.1 Å². The molecule has 1 aliphatic carbocycles. The van der Waals surface area contributed by atoms with Gasteiger partial charge in [-0.05, 0) is 63.1 Å². The van der Waals surface area contributed by atoms with Crippen LogP contribution in [0.15, 0.2) is 42.9 Å². The van der Waals surface area contributed by atoms with Gasteiger partial charge in [-0.1, -0.05) is 18.2 Å². The number of alkyl halides is 2. The Morgan fingerprint density at radius 3 is 2.59 bits per heavy atom. The standard InChI is InChI=1S/C44H53F2N13O4/c1-53(29-20-56(21-29)30-18-55(19-30)17-26-4-3-5-32-38(51-54(2)40(26)32)33-10-11-37(60)50-43(33)61)16-25-6-8-27(9-7-25)59-23-35(39(52-59)41(45)46)48-44(62)34-15-47-58-13-12-36(49-42(34)58)57-22-31-14-28(57)24-63-31/h3-5,12-13,15,23,25,27-31,33,41H,6-11,14,16-22,24H2,1-2H3,(H,48,62)(H,50,60,61)/t25?,27?,28-,31-,33?/m1/s1. The van der Waals surface area contributed by atoms with Crippen LogP contribution in [0.5, 0.6) is 0 Å². The first-order chi connectivity index (χ1) is 30.5. The second-order valence-electron chi connectivity index (χ2n) is 18.7. The Hall–Kier alpha value is -5.37. The average molecular weight is 866 g/mol. The van der Waals surface area contributed by atoms with Crippen molar-refractivity contribution in [3.05, 3.63) is 65.4 Å². The summed E-state index contributed by atoms with van der Waals surface area (Å²) in [4.78, 5) is 52.5. The van der Waals surface area contributed by atoms with Gasteiger partial charge in [0, 0.05) is 89.1 Å². The maximum absolute atomic E-state index is 14.3. The number of likely N-dealkylation sites (N-methyl/N-ethyl adjacent to an activating group) is 1. The number of fused-ring (bicyclic) bond motifs is 4. The molecule has 5 aliphatic heterocycles. The Morgan fingerprint density at radius 2 is 1.84 bits per heavy atom. The SMILES string of the molecule is CN(CC1CCC(n2cc(NC(=O)c3cnn4ccc(N5C[C@H]6C[C@@H]5CO6)nc34)c(C(F)F)n2)CC1)C1CN(C2CN(Cc3cccc4c(C5CCC(=O)NC5=O)nn(C)c34)C2)C1. The van der Waals surface area contributed by atoms with Crippen LogP contribution in [0.2, 0.25) is 0 Å². The summed E-state index contributed by atoms with van der Waals surface area (Å²) in [5.41, 5.74) is 3.13. The summed E-state index contributed by atoms with van der Waals surface area (Å²) in [5.74, 6) is -0.199. The number of aryl methyl sites for hydroxylation is 1. The highest BCUT2D eigenvalue weighted by molar-refractivity contribution is 6.08. The number of amides is 3. The molecule has 5 aromatic rings. The predicted molar refractivity (Wildman–Crippen MR) is 228 cm³/mol. The van der Waals surface area contributed by atoms with Crippen molar-refractivity contribution in [1.29, 1.82) is 0 Å². The molecule has 6 aliphatic rings. The summed E-state index contributed by atoms with van der Waals surface area (Å²) in [6, 6.07) is 9.36. The molecule has 5 saturated heterocycles. The molecule has 0 radical (unpaired) electrons. The number of hydrogen-bond donors (Lipinski definition) is 2.